The molecule has 5 rings (SSSR count). The summed E-state index contributed by atoms with van der Waals surface area (Å²) in [4.78, 5) is 31.3. The number of nitrogens with one attached hydrogen (secondary N) is 1. The van der Waals surface area contributed by atoms with Crippen LogP contribution in [0.4, 0.5) is 0 Å². The van der Waals surface area contributed by atoms with Crippen molar-refractivity contribution in [2.24, 2.45) is 17.8 Å². The number of aromatic hydroxyl groups is 1. The van der Waals surface area contributed by atoms with Crippen LogP contribution in [0.2, 0.25) is 0 Å². The zero-order chi connectivity index (χ0) is 51.5. The lowest BCUT2D eigenvalue weighted by Crippen LogP contribution is -2.60. The maximum absolute atomic E-state index is 14.5. The fourth-order valence-corrected chi connectivity index (χ4v) is 11.1. The van der Waals surface area contributed by atoms with Gasteiger partial charge in [0.15, 0.2) is 12.6 Å². The monoisotopic (exact) mass is 979 g/mol. The van der Waals surface area contributed by atoms with E-state index in [9.17, 15) is 40.2 Å². The van der Waals surface area contributed by atoms with Gasteiger partial charge in [0.1, 0.15) is 30.0 Å². The highest BCUT2D eigenvalue weighted by atomic mass is 16.7. The molecule has 394 valence electrons. The minimum Gasteiger partial charge on any atom is -0.493 e. The van der Waals surface area contributed by atoms with E-state index in [4.69, 9.17) is 28.4 Å². The number of aliphatic hydroxyl groups is 5. The molecule has 0 spiro atoms. The number of aryl methyl sites for hydroxylation is 1. The van der Waals surface area contributed by atoms with Gasteiger partial charge in [-0.2, -0.15) is 0 Å². The molecule has 0 amide bonds. The minimum atomic E-state index is -1.84. The molecule has 1 aromatic heterocycles. The molecule has 1 unspecified atom stereocenters. The van der Waals surface area contributed by atoms with Crippen molar-refractivity contribution >= 4 is 5.97 Å². The summed E-state index contributed by atoms with van der Waals surface area (Å²) in [6.07, 6.45) is -7.62. The zero-order valence-corrected chi connectivity index (χ0v) is 43.6. The number of hydrogen-bond acceptors (Lipinski definition) is 16. The Morgan fingerprint density at radius 3 is 2.20 bits per heavy atom. The lowest BCUT2D eigenvalue weighted by Gasteiger charge is -2.49. The molecule has 0 radical (unpaired) electrons. The number of methoxy groups -OCH3 is 1. The molecular weight excluding hydrogens is 893 g/mol. The SMILES string of the molecule is CC[C@H]1OC(=O)[C@H](C)[C@@H](O[C@H]2C[C@@](C)(OC)[C@@H](O)[C@H](C)O2)[C@H](C)[C@@H](O[C@@H]2O[C@H](C)CC(N(C)CCCCc3c(O)n(-c4ccc(C)cc4)[nH]c3=O)[C@H]2O)[C@](C)(O)C[C@@H](C)CN(C)[C@H](C)[C@@H](O)[C@]1(C)O. The third-order valence-corrected chi connectivity index (χ3v) is 15.6. The average molecular weight is 979 g/mol. The Morgan fingerprint density at radius 1 is 0.928 bits per heavy atom. The molecule has 18 heteroatoms. The quantitative estimate of drug-likeness (QED) is 0.112. The van der Waals surface area contributed by atoms with Crippen molar-refractivity contribution in [2.75, 3.05) is 34.3 Å². The molecule has 18 atom stereocenters. The van der Waals surface area contributed by atoms with Gasteiger partial charge in [-0.15, -0.1) is 0 Å². The number of cyclic esters (lactones) is 1. The molecule has 3 aliphatic heterocycles. The van der Waals surface area contributed by atoms with Gasteiger partial charge in [0.05, 0.1) is 52.8 Å². The minimum absolute atomic E-state index is 0.0927. The van der Waals surface area contributed by atoms with E-state index in [-0.39, 0.29) is 42.7 Å². The van der Waals surface area contributed by atoms with Gasteiger partial charge in [-0.1, -0.05) is 38.5 Å². The highest BCUT2D eigenvalue weighted by molar-refractivity contribution is 5.73. The van der Waals surface area contributed by atoms with Crippen molar-refractivity contribution in [3.63, 3.8) is 0 Å². The van der Waals surface area contributed by atoms with Gasteiger partial charge in [-0.25, -0.2) is 4.68 Å². The first-order valence-corrected chi connectivity index (χ1v) is 25.0. The normalized spacial score (nSPS) is 40.3. The van der Waals surface area contributed by atoms with Crippen molar-refractivity contribution in [1.29, 1.82) is 0 Å². The van der Waals surface area contributed by atoms with E-state index in [1.807, 2.05) is 68.9 Å². The fourth-order valence-electron chi connectivity index (χ4n) is 11.1. The number of rotatable bonds is 13. The summed E-state index contributed by atoms with van der Waals surface area (Å²) >= 11 is 0. The second-order valence-electron chi connectivity index (χ2n) is 21.6. The first kappa shape index (κ1) is 56.9. The van der Waals surface area contributed by atoms with Crippen LogP contribution in [0.15, 0.2) is 29.1 Å². The van der Waals surface area contributed by atoms with Crippen molar-refractivity contribution < 1.29 is 63.9 Å². The molecule has 3 fully saturated rings. The standard InChI is InChI=1S/C51H86N4O14/c1-15-38-51(11,63)42(57)33(7)54(13)27-29(3)25-49(9,62)44(31(5)41(32(6)47(61)67-38)68-39-26-50(10,64-14)43(58)34(8)66-39)69-48-40(56)37(24-30(4)65-48)53(12)23-17-16-18-36-45(59)52-55(46(36)60)35-21-19-28(2)20-22-35/h19-22,29-34,37-44,48,56-58,60,62-63H,15-18,23-27H2,1-14H3,(H,52,59)/t29-,30-,31+,32-,33-,34+,37?,38-,39+,40-,41+,42-,43+,44-,48+,49-,50-,51-/m1/s1. The van der Waals surface area contributed by atoms with E-state index in [0.29, 0.717) is 50.0 Å². The Bertz CT molecular complexity index is 2010. The lowest BCUT2D eigenvalue weighted by atomic mass is 9.77. The van der Waals surface area contributed by atoms with E-state index in [2.05, 4.69) is 5.10 Å². The molecule has 2 aromatic rings. The third-order valence-electron chi connectivity index (χ3n) is 15.6. The van der Waals surface area contributed by atoms with Gasteiger partial charge in [-0.3, -0.25) is 14.7 Å². The molecule has 0 bridgehead atoms. The third kappa shape index (κ3) is 13.0. The summed E-state index contributed by atoms with van der Waals surface area (Å²) in [6.45, 7) is 20.4. The van der Waals surface area contributed by atoms with Gasteiger partial charge >= 0.3 is 5.97 Å². The summed E-state index contributed by atoms with van der Waals surface area (Å²) in [5.41, 5.74) is -2.90. The van der Waals surface area contributed by atoms with Crippen LogP contribution in [0, 0.1) is 24.7 Å². The van der Waals surface area contributed by atoms with E-state index in [1.165, 1.54) is 18.7 Å². The van der Waals surface area contributed by atoms with E-state index < -0.39 is 102 Å². The van der Waals surface area contributed by atoms with Crippen molar-refractivity contribution in [3.8, 4) is 11.6 Å². The van der Waals surface area contributed by atoms with E-state index in [0.717, 1.165) is 5.56 Å². The summed E-state index contributed by atoms with van der Waals surface area (Å²) in [6, 6.07) is 6.45. The molecule has 0 saturated carbocycles. The average Bonchev–Trinajstić information content (AvgIpc) is 3.57. The number of esters is 1. The largest absolute Gasteiger partial charge is 0.493 e. The van der Waals surface area contributed by atoms with Crippen LogP contribution >= 0.6 is 0 Å². The van der Waals surface area contributed by atoms with Crippen LogP contribution in [-0.4, -0.2) is 181 Å². The first-order chi connectivity index (χ1) is 32.2. The molecule has 69 heavy (non-hydrogen) atoms. The molecule has 3 saturated heterocycles. The second-order valence-corrected chi connectivity index (χ2v) is 21.6. The van der Waals surface area contributed by atoms with Crippen molar-refractivity contribution in [1.82, 2.24) is 19.6 Å². The van der Waals surface area contributed by atoms with Crippen LogP contribution in [0.3, 0.4) is 0 Å². The summed E-state index contributed by atoms with van der Waals surface area (Å²) in [5.74, 6) is -2.94. The molecular formula is C51H86N4O14. The molecule has 3 aliphatic rings. The molecule has 1 aromatic carbocycles. The molecule has 0 aliphatic carbocycles. The van der Waals surface area contributed by atoms with Crippen LogP contribution in [0.5, 0.6) is 5.88 Å². The summed E-state index contributed by atoms with van der Waals surface area (Å²) < 4.78 is 39.6. The van der Waals surface area contributed by atoms with Gasteiger partial charge in [0.2, 0.25) is 5.88 Å². The molecule has 7 N–H and O–H groups in total. The highest BCUT2D eigenvalue weighted by Gasteiger charge is 2.53. The number of nitrogens with zero attached hydrogens (tertiary/aromatic N) is 3. The van der Waals surface area contributed by atoms with Gasteiger partial charge in [0.25, 0.3) is 5.56 Å². The number of aromatic amines is 1. The predicted octanol–water partition coefficient (Wildman–Crippen LogP) is 3.79. The number of carbonyl (C=O) groups excluding carboxylic acids is 1. The van der Waals surface area contributed by atoms with E-state index >= 15 is 0 Å². The Morgan fingerprint density at radius 2 is 1.58 bits per heavy atom. The smallest absolute Gasteiger partial charge is 0.311 e. The number of aromatic nitrogens is 2. The number of H-pyrrole nitrogens is 1. The Balaban J connectivity index is 1.43. The maximum Gasteiger partial charge on any atom is 0.311 e. The Hall–Kier alpha value is -2.98. The van der Waals surface area contributed by atoms with Gasteiger partial charge in [0, 0.05) is 38.1 Å². The van der Waals surface area contributed by atoms with Gasteiger partial charge in [-0.05, 0) is 133 Å². The number of hydrogen-bond donors (Lipinski definition) is 7. The second kappa shape index (κ2) is 23.3. The van der Waals surface area contributed by atoms with Crippen LogP contribution in [0.1, 0.15) is 119 Å². The van der Waals surface area contributed by atoms with E-state index in [1.54, 1.807) is 48.5 Å². The van der Waals surface area contributed by atoms with Gasteiger partial charge < -0.3 is 68.9 Å². The summed E-state index contributed by atoms with van der Waals surface area (Å²) in [5, 5.41) is 73.3. The predicted molar refractivity (Wildman–Crippen MR) is 259 cm³/mol. The number of ether oxygens (including phenoxy) is 6. The fraction of sp³-hybridized carbons (Fsp3) is 0.804. The van der Waals surface area contributed by atoms with Crippen LogP contribution in [-0.2, 0) is 39.6 Å². The number of aliphatic hydroxyl groups excluding tert-OH is 3. The number of unbranched alkanes of at least 4 members (excludes halogenated alkanes) is 1. The Labute approximate surface area is 409 Å². The zero-order valence-electron chi connectivity index (χ0n) is 43.6. The molecule has 18 nitrogen and oxygen atoms in total. The Kier molecular flexibility index (Phi) is 19.2. The topological polar surface area (TPSA) is 238 Å². The number of likely N-dealkylation sites (N-methyl/N-ethyl adjacent to an activating group) is 2. The van der Waals surface area contributed by atoms with Crippen LogP contribution in [0.25, 0.3) is 5.69 Å². The van der Waals surface area contributed by atoms with Crippen molar-refractivity contribution in [3.05, 3.63) is 45.7 Å². The van der Waals surface area contributed by atoms with Crippen molar-refractivity contribution in [2.45, 2.75) is 211 Å². The lowest BCUT2D eigenvalue weighted by molar-refractivity contribution is -0.318. The number of carbonyl (C=O) groups is 1. The first-order valence-electron chi connectivity index (χ1n) is 25.0. The highest BCUT2D eigenvalue weighted by Crippen LogP contribution is 2.40. The molecule has 4 heterocycles. The maximum atomic E-state index is 14.5. The number of benzene rings is 1. The summed E-state index contributed by atoms with van der Waals surface area (Å²) in [7, 11) is 5.24. The van der Waals surface area contributed by atoms with Crippen LogP contribution < -0.4 is 5.56 Å².